The van der Waals surface area contributed by atoms with Gasteiger partial charge in [0, 0.05) is 12.6 Å². The molecule has 0 spiro atoms. The Labute approximate surface area is 131 Å². The van der Waals surface area contributed by atoms with Gasteiger partial charge in [0.05, 0.1) is 0 Å². The second kappa shape index (κ2) is 6.96. The summed E-state index contributed by atoms with van der Waals surface area (Å²) in [5, 5.41) is 0. The second-order valence-electron chi connectivity index (χ2n) is 7.92. The van der Waals surface area contributed by atoms with Gasteiger partial charge in [-0.3, -0.25) is 4.90 Å². The van der Waals surface area contributed by atoms with Crippen LogP contribution >= 0.6 is 0 Å². The van der Waals surface area contributed by atoms with Gasteiger partial charge in [0.1, 0.15) is 0 Å². The van der Waals surface area contributed by atoms with Crippen LogP contribution in [0.4, 0.5) is 0 Å². The van der Waals surface area contributed by atoms with Crippen LogP contribution in [0.5, 0.6) is 0 Å². The molecule has 0 heterocycles. The summed E-state index contributed by atoms with van der Waals surface area (Å²) >= 11 is 0. The molecule has 0 amide bonds. The Hall–Kier alpha value is -0.820. The van der Waals surface area contributed by atoms with Gasteiger partial charge in [0.15, 0.2) is 0 Å². The van der Waals surface area contributed by atoms with Gasteiger partial charge in [-0.2, -0.15) is 0 Å². The van der Waals surface area contributed by atoms with Gasteiger partial charge in [0.25, 0.3) is 0 Å². The van der Waals surface area contributed by atoms with E-state index in [4.69, 9.17) is 0 Å². The number of benzene rings is 1. The quantitative estimate of drug-likeness (QED) is 0.718. The Bertz CT molecular complexity index is 418. The van der Waals surface area contributed by atoms with E-state index in [1.165, 1.54) is 43.4 Å². The standard InChI is InChI=1S/C20H33N/c1-6-21(19-13-7-16(2)8-14-19)15-17-9-11-18(12-10-17)20(3,4)5/h9-12,16,19H,6-8,13-15H2,1-5H3. The normalized spacial score (nSPS) is 23.5. The Morgan fingerprint density at radius 1 is 1.00 bits per heavy atom. The first-order valence-electron chi connectivity index (χ1n) is 8.73. The third kappa shape index (κ3) is 4.57. The van der Waals surface area contributed by atoms with Crippen molar-refractivity contribution in [2.24, 2.45) is 5.92 Å². The molecule has 118 valence electrons. The van der Waals surface area contributed by atoms with Gasteiger partial charge in [-0.1, -0.05) is 58.9 Å². The highest BCUT2D eigenvalue weighted by atomic mass is 15.1. The summed E-state index contributed by atoms with van der Waals surface area (Å²) in [7, 11) is 0. The molecule has 0 radical (unpaired) electrons. The van der Waals surface area contributed by atoms with Crippen molar-refractivity contribution in [2.45, 2.75) is 78.3 Å². The van der Waals surface area contributed by atoms with Crippen molar-refractivity contribution in [2.75, 3.05) is 6.54 Å². The average Bonchev–Trinajstić information content (AvgIpc) is 2.45. The second-order valence-corrected chi connectivity index (χ2v) is 7.92. The van der Waals surface area contributed by atoms with Gasteiger partial charge >= 0.3 is 0 Å². The molecule has 0 bridgehead atoms. The van der Waals surface area contributed by atoms with Crippen molar-refractivity contribution >= 4 is 0 Å². The highest BCUT2D eigenvalue weighted by molar-refractivity contribution is 5.27. The summed E-state index contributed by atoms with van der Waals surface area (Å²) in [4.78, 5) is 2.68. The van der Waals surface area contributed by atoms with Crippen LogP contribution in [0.15, 0.2) is 24.3 Å². The zero-order valence-corrected chi connectivity index (χ0v) is 14.7. The van der Waals surface area contributed by atoms with Crippen molar-refractivity contribution in [3.05, 3.63) is 35.4 Å². The van der Waals surface area contributed by atoms with Crippen LogP contribution < -0.4 is 0 Å². The zero-order chi connectivity index (χ0) is 15.5. The minimum Gasteiger partial charge on any atom is -0.296 e. The molecule has 1 aromatic rings. The molecular formula is C20H33N. The SMILES string of the molecule is CCN(Cc1ccc(C(C)(C)C)cc1)C1CCC(C)CC1. The van der Waals surface area contributed by atoms with Gasteiger partial charge in [-0.05, 0) is 54.7 Å². The van der Waals surface area contributed by atoms with Crippen molar-refractivity contribution < 1.29 is 0 Å². The Morgan fingerprint density at radius 3 is 2.05 bits per heavy atom. The molecule has 1 saturated carbocycles. The minimum atomic E-state index is 0.252. The molecule has 1 heteroatoms. The molecule has 0 aromatic heterocycles. The summed E-state index contributed by atoms with van der Waals surface area (Å²) in [6.07, 6.45) is 5.58. The fraction of sp³-hybridized carbons (Fsp3) is 0.700. The van der Waals surface area contributed by atoms with Crippen molar-refractivity contribution in [1.29, 1.82) is 0 Å². The lowest BCUT2D eigenvalue weighted by Crippen LogP contribution is -2.37. The maximum absolute atomic E-state index is 2.68. The molecule has 1 aliphatic rings. The van der Waals surface area contributed by atoms with Crippen LogP contribution in [0.1, 0.15) is 71.4 Å². The smallest absolute Gasteiger partial charge is 0.0236 e. The van der Waals surface area contributed by atoms with Gasteiger partial charge < -0.3 is 0 Å². The first-order chi connectivity index (χ1) is 9.90. The van der Waals surface area contributed by atoms with Crippen LogP contribution in [0, 0.1) is 5.92 Å². The molecule has 2 rings (SSSR count). The van der Waals surface area contributed by atoms with E-state index in [0.29, 0.717) is 0 Å². The van der Waals surface area contributed by atoms with Crippen LogP contribution in [-0.2, 0) is 12.0 Å². The third-order valence-electron chi connectivity index (χ3n) is 5.11. The average molecular weight is 287 g/mol. The molecule has 1 fully saturated rings. The summed E-state index contributed by atoms with van der Waals surface area (Å²) in [5.74, 6) is 0.936. The van der Waals surface area contributed by atoms with E-state index in [1.807, 2.05) is 0 Å². The molecule has 0 atom stereocenters. The van der Waals surface area contributed by atoms with Crippen molar-refractivity contribution in [1.82, 2.24) is 4.90 Å². The van der Waals surface area contributed by atoms with E-state index >= 15 is 0 Å². The summed E-state index contributed by atoms with van der Waals surface area (Å²) in [6.45, 7) is 13.8. The Morgan fingerprint density at radius 2 is 1.57 bits per heavy atom. The molecule has 0 N–H and O–H groups in total. The van der Waals surface area contributed by atoms with E-state index in [1.54, 1.807) is 0 Å². The first-order valence-corrected chi connectivity index (χ1v) is 8.73. The summed E-state index contributed by atoms with van der Waals surface area (Å²) in [5.41, 5.74) is 3.15. The van der Waals surface area contributed by atoms with Crippen molar-refractivity contribution in [3.63, 3.8) is 0 Å². The van der Waals surface area contributed by atoms with Crippen LogP contribution in [-0.4, -0.2) is 17.5 Å². The maximum Gasteiger partial charge on any atom is 0.0236 e. The van der Waals surface area contributed by atoms with E-state index in [-0.39, 0.29) is 5.41 Å². The van der Waals surface area contributed by atoms with E-state index in [2.05, 4.69) is 63.8 Å². The lowest BCUT2D eigenvalue weighted by atomic mass is 9.86. The van der Waals surface area contributed by atoms with Crippen LogP contribution in [0.25, 0.3) is 0 Å². The first kappa shape index (κ1) is 16.5. The number of hydrogen-bond acceptors (Lipinski definition) is 1. The van der Waals surface area contributed by atoms with E-state index in [9.17, 15) is 0 Å². The predicted molar refractivity (Wildman–Crippen MR) is 92.6 cm³/mol. The van der Waals surface area contributed by atoms with Gasteiger partial charge in [0.2, 0.25) is 0 Å². The fourth-order valence-electron chi connectivity index (χ4n) is 3.45. The lowest BCUT2D eigenvalue weighted by Gasteiger charge is -2.35. The highest BCUT2D eigenvalue weighted by Crippen LogP contribution is 2.28. The lowest BCUT2D eigenvalue weighted by molar-refractivity contribution is 0.139. The van der Waals surface area contributed by atoms with Crippen LogP contribution in [0.2, 0.25) is 0 Å². The maximum atomic E-state index is 2.68. The fourth-order valence-corrected chi connectivity index (χ4v) is 3.45. The number of rotatable bonds is 4. The molecule has 1 aromatic carbocycles. The molecule has 1 nitrogen and oxygen atoms in total. The monoisotopic (exact) mass is 287 g/mol. The third-order valence-corrected chi connectivity index (χ3v) is 5.11. The van der Waals surface area contributed by atoms with Gasteiger partial charge in [-0.15, -0.1) is 0 Å². The summed E-state index contributed by atoms with van der Waals surface area (Å²) < 4.78 is 0. The number of nitrogens with zero attached hydrogens (tertiary/aromatic N) is 1. The van der Waals surface area contributed by atoms with E-state index < -0.39 is 0 Å². The topological polar surface area (TPSA) is 3.24 Å². The minimum absolute atomic E-state index is 0.252. The molecule has 0 unspecified atom stereocenters. The molecule has 1 aliphatic carbocycles. The largest absolute Gasteiger partial charge is 0.296 e. The van der Waals surface area contributed by atoms with Crippen molar-refractivity contribution in [3.8, 4) is 0 Å². The molecule has 0 aliphatic heterocycles. The Balaban J connectivity index is 1.98. The molecule has 21 heavy (non-hydrogen) atoms. The Kier molecular flexibility index (Phi) is 5.48. The van der Waals surface area contributed by atoms with Gasteiger partial charge in [-0.25, -0.2) is 0 Å². The van der Waals surface area contributed by atoms with Crippen LogP contribution in [0.3, 0.4) is 0 Å². The van der Waals surface area contributed by atoms with E-state index in [0.717, 1.165) is 18.5 Å². The number of hydrogen-bond donors (Lipinski definition) is 0. The predicted octanol–water partition coefficient (Wildman–Crippen LogP) is 5.38. The molecular weight excluding hydrogens is 254 g/mol. The molecule has 0 saturated heterocycles. The summed E-state index contributed by atoms with van der Waals surface area (Å²) in [6, 6.07) is 10.1. The highest BCUT2D eigenvalue weighted by Gasteiger charge is 2.23. The zero-order valence-electron chi connectivity index (χ0n) is 14.7.